The van der Waals surface area contributed by atoms with Crippen LogP contribution in [0.5, 0.6) is 0 Å². The van der Waals surface area contributed by atoms with Crippen molar-refractivity contribution in [2.45, 2.75) is 0 Å². The van der Waals surface area contributed by atoms with E-state index in [1.165, 1.54) is 0 Å². The summed E-state index contributed by atoms with van der Waals surface area (Å²) in [5, 5.41) is 6.16. The van der Waals surface area contributed by atoms with Gasteiger partial charge in [0.25, 0.3) is 0 Å². The van der Waals surface area contributed by atoms with Crippen LogP contribution in [-0.4, -0.2) is 29.9 Å². The number of aromatic nitrogens is 6. The topological polar surface area (TPSA) is 286 Å². The van der Waals surface area contributed by atoms with Crippen molar-refractivity contribution in [2.24, 2.45) is 0 Å². The molecule has 6 aromatic rings. The van der Waals surface area contributed by atoms with Crippen molar-refractivity contribution in [2.75, 3.05) is 10.6 Å². The fraction of sp³-hybridized carbons (Fsp3) is 0. The van der Waals surface area contributed by atoms with Crippen LogP contribution in [-0.2, 0) is 19.5 Å². The molecule has 0 bridgehead atoms. The average molecular weight is 799 g/mol. The largest absolute Gasteiger partial charge is 2.00 e. The molecule has 0 aliphatic heterocycles. The van der Waals surface area contributed by atoms with Crippen LogP contribution in [0.25, 0.3) is 11.4 Å². The Labute approximate surface area is 297 Å². The summed E-state index contributed by atoms with van der Waals surface area (Å²) >= 11 is 0. The zero-order valence-electron chi connectivity index (χ0n) is 24.9. The van der Waals surface area contributed by atoms with E-state index < -0.39 is 20.5 Å². The number of anilines is 4. The molecule has 19 heteroatoms. The molecule has 6 rings (SSSR count). The Kier molecular flexibility index (Phi) is 20.5. The van der Waals surface area contributed by atoms with E-state index in [-0.39, 0.29) is 19.5 Å². The first-order chi connectivity index (χ1) is 22.9. The molecule has 6 aromatic heterocycles. The number of halogens is 2. The van der Waals surface area contributed by atoms with Crippen molar-refractivity contribution in [1.82, 2.24) is 29.9 Å². The number of hydrogen-bond acceptors (Lipinski definition) is 16. The van der Waals surface area contributed by atoms with Gasteiger partial charge in [0.2, 0.25) is 0 Å². The molecule has 0 amide bonds. The van der Waals surface area contributed by atoms with E-state index in [1.807, 2.05) is 109 Å². The summed E-state index contributed by atoms with van der Waals surface area (Å²) in [7, 11) is -9.89. The van der Waals surface area contributed by atoms with Crippen LogP contribution in [0.2, 0.25) is 0 Å². The molecule has 6 heterocycles. The molecule has 0 aliphatic carbocycles. The number of rotatable bonds is 5. The molecule has 0 atom stereocenters. The number of nitrogens with one attached hydrogen (secondary N) is 2. The van der Waals surface area contributed by atoms with Crippen LogP contribution < -0.4 is 47.9 Å². The van der Waals surface area contributed by atoms with Gasteiger partial charge in [0.05, 0.1) is 11.4 Å². The van der Waals surface area contributed by atoms with Crippen LogP contribution in [0.15, 0.2) is 146 Å². The van der Waals surface area contributed by atoms with Gasteiger partial charge in [0, 0.05) is 37.2 Å². The molecule has 0 radical (unpaired) electrons. The smallest absolute Gasteiger partial charge is 0.325 e. The van der Waals surface area contributed by atoms with Crippen LogP contribution in [0.4, 0.5) is 23.3 Å². The van der Waals surface area contributed by atoms with E-state index in [2.05, 4.69) is 40.5 Å². The van der Waals surface area contributed by atoms with Crippen molar-refractivity contribution < 1.29 is 77.2 Å². The molecule has 0 aliphatic rings. The maximum atomic E-state index is 8.49. The average Bonchev–Trinajstić information content (AvgIpc) is 3.07. The minimum atomic E-state index is -4.94. The molecule has 49 heavy (non-hydrogen) atoms. The monoisotopic (exact) mass is 798 g/mol. The van der Waals surface area contributed by atoms with Gasteiger partial charge in [-0.3, -0.25) is 9.97 Å². The molecule has 0 aromatic carbocycles. The van der Waals surface area contributed by atoms with Crippen molar-refractivity contribution in [3.8, 4) is 11.4 Å². The number of hydrogen-bond donors (Lipinski definition) is 2. The number of nitrogens with zero attached hydrogens (tertiary/aromatic N) is 6. The Hall–Kier alpha value is -4.62. The summed E-state index contributed by atoms with van der Waals surface area (Å²) in [6.45, 7) is 0. The second-order valence-corrected chi connectivity index (χ2v) is 9.81. The minimum Gasteiger partial charge on any atom is -0.325 e. The van der Waals surface area contributed by atoms with Gasteiger partial charge in [-0.05, 0) is 72.8 Å². The van der Waals surface area contributed by atoms with Crippen LogP contribution >= 0.6 is 0 Å². The molecule has 0 spiro atoms. The van der Waals surface area contributed by atoms with E-state index >= 15 is 0 Å². The molecule has 0 fully saturated rings. The molecule has 2 N–H and O–H groups in total. The first kappa shape index (κ1) is 42.4. The van der Waals surface area contributed by atoms with Gasteiger partial charge in [-0.1, -0.05) is 36.4 Å². The molecule has 256 valence electrons. The minimum absolute atomic E-state index is 0. The Balaban J connectivity index is 0.000000321. The molecular formula is C30H26Cl2N8O8Ru. The molecular weight excluding hydrogens is 772 g/mol. The Morgan fingerprint density at radius 1 is 0.327 bits per heavy atom. The Bertz CT molecular complexity index is 1440. The van der Waals surface area contributed by atoms with Crippen molar-refractivity contribution in [3.63, 3.8) is 0 Å². The predicted molar refractivity (Wildman–Crippen MR) is 151 cm³/mol. The zero-order chi connectivity index (χ0) is 35.1. The quantitative estimate of drug-likeness (QED) is 0.165. The molecule has 16 nitrogen and oxygen atoms in total. The molecule has 0 saturated carbocycles. The summed E-state index contributed by atoms with van der Waals surface area (Å²) < 4.78 is 67.9. The van der Waals surface area contributed by atoms with Crippen LogP contribution in [0.3, 0.4) is 0 Å². The van der Waals surface area contributed by atoms with E-state index in [0.29, 0.717) is 0 Å². The number of pyridine rings is 6. The third kappa shape index (κ3) is 24.2. The molecule has 0 saturated heterocycles. The fourth-order valence-corrected chi connectivity index (χ4v) is 3.04. The first-order valence-corrected chi connectivity index (χ1v) is 15.6. The normalized spacial score (nSPS) is 9.88. The third-order valence-corrected chi connectivity index (χ3v) is 4.76. The second-order valence-electron chi connectivity index (χ2n) is 8.30. The SMILES string of the molecule is [O-][Cl+3]([O-])([O-])[O-].[O-][Cl+3]([O-])([O-])[O-].[Ru+2].c1ccc(-c2ccccn2)nc1.c1ccc(Nc2ccccn2)nc1.c1ccc(Nc2ccccn2)nc1. The van der Waals surface area contributed by atoms with Crippen LogP contribution in [0, 0.1) is 20.5 Å². The van der Waals surface area contributed by atoms with Gasteiger partial charge < -0.3 is 10.6 Å². The third-order valence-electron chi connectivity index (χ3n) is 4.76. The van der Waals surface area contributed by atoms with Crippen molar-refractivity contribution in [3.05, 3.63) is 146 Å². The summed E-state index contributed by atoms with van der Waals surface area (Å²) in [4.78, 5) is 24.9. The summed E-state index contributed by atoms with van der Waals surface area (Å²) in [6, 6.07) is 34.4. The van der Waals surface area contributed by atoms with Crippen molar-refractivity contribution >= 4 is 23.3 Å². The standard InChI is InChI=1S/2C10H9N3.C10H8N2.2ClHO4.Ru/c2*1-3-7-11-9(5-1)13-10-6-2-4-8-12-10;1-3-7-11-9(5-1)10-6-2-4-8-12-10;2*2-1(3,4)5;/h2*1-8H,(H,11,12,13);1-8H;2*(H,2,3,4,5);/q;;;;;+2/p-2. The first-order valence-electron chi connectivity index (χ1n) is 13.1. The van der Waals surface area contributed by atoms with E-state index in [4.69, 9.17) is 37.3 Å². The van der Waals surface area contributed by atoms with Gasteiger partial charge in [-0.15, -0.1) is 20.5 Å². The molecule has 0 unspecified atom stereocenters. The summed E-state index contributed by atoms with van der Waals surface area (Å²) in [5.74, 6) is 3.23. The van der Waals surface area contributed by atoms with Gasteiger partial charge >= 0.3 is 19.5 Å². The van der Waals surface area contributed by atoms with Gasteiger partial charge in [-0.25, -0.2) is 57.2 Å². The summed E-state index contributed by atoms with van der Waals surface area (Å²) in [6.07, 6.45) is 10.5. The maximum Gasteiger partial charge on any atom is 2.00 e. The Morgan fingerprint density at radius 3 is 0.694 bits per heavy atom. The van der Waals surface area contributed by atoms with Crippen molar-refractivity contribution in [1.29, 1.82) is 0 Å². The second kappa shape index (κ2) is 23.7. The fourth-order valence-electron chi connectivity index (χ4n) is 3.04. The van der Waals surface area contributed by atoms with Gasteiger partial charge in [0.15, 0.2) is 0 Å². The van der Waals surface area contributed by atoms with E-state index in [1.54, 1.807) is 37.2 Å². The zero-order valence-corrected chi connectivity index (χ0v) is 28.2. The van der Waals surface area contributed by atoms with Gasteiger partial charge in [-0.2, -0.15) is 0 Å². The summed E-state index contributed by atoms with van der Waals surface area (Å²) in [5.41, 5.74) is 1.83. The van der Waals surface area contributed by atoms with E-state index in [0.717, 1.165) is 34.7 Å². The van der Waals surface area contributed by atoms with Crippen LogP contribution in [0.1, 0.15) is 0 Å². The predicted octanol–water partition coefficient (Wildman–Crippen LogP) is -2.93. The van der Waals surface area contributed by atoms with Gasteiger partial charge in [0.1, 0.15) is 23.3 Å². The van der Waals surface area contributed by atoms with E-state index in [9.17, 15) is 0 Å². The Morgan fingerprint density at radius 2 is 0.531 bits per heavy atom. The maximum absolute atomic E-state index is 8.49.